The zero-order valence-corrected chi connectivity index (χ0v) is 30.8. The van der Waals surface area contributed by atoms with Gasteiger partial charge in [0.1, 0.15) is 0 Å². The average Bonchev–Trinajstić information content (AvgIpc) is 3.71. The summed E-state index contributed by atoms with van der Waals surface area (Å²) in [5, 5.41) is 2.69. The van der Waals surface area contributed by atoms with Crippen LogP contribution in [-0.2, 0) is 5.41 Å². The van der Waals surface area contributed by atoms with Crippen molar-refractivity contribution >= 4 is 40.0 Å². The minimum atomic E-state index is -0.0494. The van der Waals surface area contributed by atoms with Gasteiger partial charge in [-0.3, -0.25) is 0 Å². The van der Waals surface area contributed by atoms with Crippen molar-refractivity contribution in [2.75, 3.05) is 4.90 Å². The molecule has 2 aliphatic rings. The van der Waals surface area contributed by atoms with Crippen LogP contribution in [0.3, 0.4) is 0 Å². The molecule has 0 unspecified atom stereocenters. The Morgan fingerprint density at radius 3 is 1.59 bits per heavy atom. The molecule has 0 spiro atoms. The van der Waals surface area contributed by atoms with Gasteiger partial charge in [0.05, 0.1) is 0 Å². The largest absolute Gasteiger partial charge is 0.310 e. The van der Waals surface area contributed by atoms with Crippen molar-refractivity contribution in [2.45, 2.75) is 32.1 Å². The van der Waals surface area contributed by atoms with Gasteiger partial charge < -0.3 is 4.90 Å². The zero-order valence-electron chi connectivity index (χ0n) is 30.8. The summed E-state index contributed by atoms with van der Waals surface area (Å²) in [6.45, 7) is 4.71. The number of fused-ring (bicyclic) bond motifs is 6. The Morgan fingerprint density at radius 2 is 0.926 bits per heavy atom. The van der Waals surface area contributed by atoms with Crippen LogP contribution in [0.15, 0.2) is 176 Å². The molecule has 0 saturated heterocycles. The van der Waals surface area contributed by atoms with E-state index in [0.29, 0.717) is 0 Å². The maximum absolute atomic E-state index is 2.46. The number of nitrogens with zero attached hydrogens (tertiary/aromatic N) is 1. The maximum atomic E-state index is 2.46. The second kappa shape index (κ2) is 12.9. The molecule has 0 saturated carbocycles. The summed E-state index contributed by atoms with van der Waals surface area (Å²) in [6.07, 6.45) is 6.62. The molecule has 258 valence electrons. The van der Waals surface area contributed by atoms with Crippen molar-refractivity contribution in [1.29, 1.82) is 0 Å². The van der Waals surface area contributed by atoms with E-state index in [9.17, 15) is 0 Å². The minimum Gasteiger partial charge on any atom is -0.310 e. The molecule has 8 aromatic rings. The van der Waals surface area contributed by atoms with Gasteiger partial charge >= 0.3 is 0 Å². The van der Waals surface area contributed by atoms with Crippen molar-refractivity contribution in [3.05, 3.63) is 198 Å². The van der Waals surface area contributed by atoms with E-state index in [0.717, 1.165) is 24.2 Å². The van der Waals surface area contributed by atoms with Crippen molar-refractivity contribution < 1.29 is 0 Å². The van der Waals surface area contributed by atoms with Crippen molar-refractivity contribution in [1.82, 2.24) is 0 Å². The molecule has 0 radical (unpaired) electrons. The lowest BCUT2D eigenvalue weighted by Gasteiger charge is -2.32. The normalized spacial score (nSPS) is 13.2. The van der Waals surface area contributed by atoms with Crippen LogP contribution in [0, 0.1) is 0 Å². The standard InChI is InChI=1S/C53H41N/c1-3-53(4-2)50-34-37(26-30-45(50)46-31-29-41(35-51(46)53)54(39-14-7-5-8-15-39)40-16-9-6-10-17-40)23-22-36-24-27-38(28-25-36)42-32-33-49-44-19-12-11-18-43(44)48-21-13-20-47(42)52(48)49/h5-35H,3-4H2,1-2H3/b23-22+. The van der Waals surface area contributed by atoms with Crippen molar-refractivity contribution in [3.8, 4) is 44.5 Å². The van der Waals surface area contributed by atoms with Gasteiger partial charge in [-0.05, 0) is 127 Å². The molecule has 0 amide bonds. The molecule has 8 aromatic carbocycles. The van der Waals surface area contributed by atoms with E-state index in [2.05, 4.69) is 207 Å². The Kier molecular flexibility index (Phi) is 7.70. The van der Waals surface area contributed by atoms with E-state index in [1.807, 2.05) is 0 Å². The highest BCUT2D eigenvalue weighted by molar-refractivity contribution is 6.18. The molecular formula is C53H41N. The van der Waals surface area contributed by atoms with E-state index in [4.69, 9.17) is 0 Å². The molecule has 0 bridgehead atoms. The number of benzene rings is 8. The Morgan fingerprint density at radius 1 is 0.407 bits per heavy atom. The van der Waals surface area contributed by atoms with Gasteiger partial charge in [-0.2, -0.15) is 0 Å². The third kappa shape index (κ3) is 5.00. The molecular weight excluding hydrogens is 651 g/mol. The number of hydrogen-bond donors (Lipinski definition) is 0. The van der Waals surface area contributed by atoms with Crippen LogP contribution in [-0.4, -0.2) is 0 Å². The first-order chi connectivity index (χ1) is 26.7. The lowest BCUT2D eigenvalue weighted by atomic mass is 9.73. The monoisotopic (exact) mass is 691 g/mol. The van der Waals surface area contributed by atoms with Gasteiger partial charge in [-0.25, -0.2) is 0 Å². The highest BCUT2D eigenvalue weighted by Crippen LogP contribution is 2.55. The van der Waals surface area contributed by atoms with E-state index in [-0.39, 0.29) is 5.41 Å². The zero-order chi connectivity index (χ0) is 36.2. The summed E-state index contributed by atoms with van der Waals surface area (Å²) in [5.41, 5.74) is 19.4. The van der Waals surface area contributed by atoms with Crippen LogP contribution < -0.4 is 4.90 Å². The van der Waals surface area contributed by atoms with Crippen LogP contribution in [0.2, 0.25) is 0 Å². The molecule has 54 heavy (non-hydrogen) atoms. The van der Waals surface area contributed by atoms with Gasteiger partial charge in [0.2, 0.25) is 0 Å². The van der Waals surface area contributed by atoms with Crippen LogP contribution in [0.25, 0.3) is 67.4 Å². The molecule has 0 fully saturated rings. The second-order valence-corrected chi connectivity index (χ2v) is 14.7. The third-order valence-electron chi connectivity index (χ3n) is 12.1. The average molecular weight is 692 g/mol. The molecule has 0 N–H and O–H groups in total. The molecule has 1 nitrogen and oxygen atoms in total. The first-order valence-electron chi connectivity index (χ1n) is 19.3. The maximum Gasteiger partial charge on any atom is 0.0465 e. The number of anilines is 3. The van der Waals surface area contributed by atoms with Crippen LogP contribution in [0.5, 0.6) is 0 Å². The number of rotatable bonds is 8. The fourth-order valence-electron chi connectivity index (χ4n) is 9.38. The first-order valence-corrected chi connectivity index (χ1v) is 19.3. The summed E-state index contributed by atoms with van der Waals surface area (Å²) in [5.74, 6) is 0. The van der Waals surface area contributed by atoms with Crippen LogP contribution in [0.1, 0.15) is 48.9 Å². The molecule has 0 atom stereocenters. The van der Waals surface area contributed by atoms with Crippen LogP contribution >= 0.6 is 0 Å². The lowest BCUT2D eigenvalue weighted by molar-refractivity contribution is 0.490. The predicted molar refractivity (Wildman–Crippen MR) is 231 cm³/mol. The minimum absolute atomic E-state index is 0.0494. The van der Waals surface area contributed by atoms with Crippen LogP contribution in [0.4, 0.5) is 17.1 Å². The molecule has 0 heterocycles. The smallest absolute Gasteiger partial charge is 0.0465 e. The van der Waals surface area contributed by atoms with Gasteiger partial charge in [0, 0.05) is 22.5 Å². The van der Waals surface area contributed by atoms with Gasteiger partial charge in [0.25, 0.3) is 0 Å². The van der Waals surface area contributed by atoms with Gasteiger partial charge in [-0.1, -0.05) is 166 Å². The lowest BCUT2D eigenvalue weighted by Crippen LogP contribution is -2.23. The number of para-hydroxylation sites is 2. The Balaban J connectivity index is 0.962. The summed E-state index contributed by atoms with van der Waals surface area (Å²) in [4.78, 5) is 2.38. The molecule has 0 aromatic heterocycles. The van der Waals surface area contributed by atoms with E-state index < -0.39 is 0 Å². The summed E-state index contributed by atoms with van der Waals surface area (Å²) < 4.78 is 0. The highest BCUT2D eigenvalue weighted by atomic mass is 15.1. The van der Waals surface area contributed by atoms with Gasteiger partial charge in [-0.15, -0.1) is 0 Å². The molecule has 10 rings (SSSR count). The predicted octanol–water partition coefficient (Wildman–Crippen LogP) is 14.9. The Labute approximate surface area is 318 Å². The Hall–Kier alpha value is -6.44. The Bertz CT molecular complexity index is 2650. The second-order valence-electron chi connectivity index (χ2n) is 14.7. The fraction of sp³-hybridized carbons (Fsp3) is 0.0943. The van der Waals surface area contributed by atoms with Crippen molar-refractivity contribution in [2.24, 2.45) is 0 Å². The SMILES string of the molecule is CCC1(CC)c2cc(/C=C/c3ccc(-c4ccc5c6c(cccc46)-c4ccccc4-5)cc3)ccc2-c2ccc(N(c3ccccc3)c3ccccc3)cc21. The third-order valence-corrected chi connectivity index (χ3v) is 12.1. The molecule has 0 aliphatic heterocycles. The summed E-state index contributed by atoms with van der Waals surface area (Å²) >= 11 is 0. The fourth-order valence-corrected chi connectivity index (χ4v) is 9.38. The quantitative estimate of drug-likeness (QED) is 0.143. The van der Waals surface area contributed by atoms with E-state index in [1.165, 1.54) is 83.2 Å². The van der Waals surface area contributed by atoms with E-state index >= 15 is 0 Å². The van der Waals surface area contributed by atoms with Crippen molar-refractivity contribution in [3.63, 3.8) is 0 Å². The summed E-state index contributed by atoms with van der Waals surface area (Å²) in [7, 11) is 0. The van der Waals surface area contributed by atoms with Gasteiger partial charge in [0.15, 0.2) is 0 Å². The summed E-state index contributed by atoms with van der Waals surface area (Å²) in [6, 6.07) is 64.8. The molecule has 1 heteroatoms. The van der Waals surface area contributed by atoms with E-state index in [1.54, 1.807) is 0 Å². The highest BCUT2D eigenvalue weighted by Gasteiger charge is 2.41. The first kappa shape index (κ1) is 32.2. The molecule has 2 aliphatic carbocycles. The number of hydrogen-bond acceptors (Lipinski definition) is 1. The topological polar surface area (TPSA) is 3.24 Å².